The third-order valence-corrected chi connectivity index (χ3v) is 3.77. The highest BCUT2D eigenvalue weighted by Gasteiger charge is 1.98. The van der Waals surface area contributed by atoms with Crippen LogP contribution in [0.3, 0.4) is 0 Å². The second-order valence-corrected chi connectivity index (χ2v) is 5.40. The molecule has 0 spiro atoms. The first-order chi connectivity index (χ1) is 8.78. The largest absolute Gasteiger partial charge is 0.312 e. The van der Waals surface area contributed by atoms with Crippen molar-refractivity contribution in [2.24, 2.45) is 0 Å². The lowest BCUT2D eigenvalue weighted by molar-refractivity contribution is 0.693. The fraction of sp³-hybridized carbons (Fsp3) is 0.214. The smallest absolute Gasteiger partial charge is 0.100 e. The lowest BCUT2D eigenvalue weighted by Gasteiger charge is -2.03. The Hall–Kier alpha value is -1.34. The van der Waals surface area contributed by atoms with Crippen molar-refractivity contribution < 1.29 is 0 Å². The summed E-state index contributed by atoms with van der Waals surface area (Å²) < 4.78 is 0. The monoisotopic (exact) mass is 276 g/mol. The predicted octanol–water partition coefficient (Wildman–Crippen LogP) is 3.61. The minimum atomic E-state index is 0.745. The molecule has 0 amide bonds. The predicted molar refractivity (Wildman–Crippen MR) is 75.9 cm³/mol. The van der Waals surface area contributed by atoms with Gasteiger partial charge in [-0.05, 0) is 36.7 Å². The van der Waals surface area contributed by atoms with Crippen LogP contribution < -0.4 is 5.32 Å². The number of hydrogen-bond donors (Lipinski definition) is 1. The number of thiophene rings is 1. The first kappa shape index (κ1) is 13.1. The highest BCUT2D eigenvalue weighted by atomic mass is 35.5. The van der Waals surface area contributed by atoms with Crippen LogP contribution in [0, 0.1) is 11.3 Å². The molecule has 0 saturated carbocycles. The Morgan fingerprint density at radius 2 is 2.06 bits per heavy atom. The Balaban J connectivity index is 1.73. The maximum Gasteiger partial charge on any atom is 0.100 e. The van der Waals surface area contributed by atoms with Crippen LogP contribution in [0.2, 0.25) is 5.02 Å². The Morgan fingerprint density at radius 1 is 1.28 bits per heavy atom. The van der Waals surface area contributed by atoms with Gasteiger partial charge in [-0.15, -0.1) is 11.3 Å². The van der Waals surface area contributed by atoms with Gasteiger partial charge in [-0.2, -0.15) is 5.26 Å². The van der Waals surface area contributed by atoms with Crippen molar-refractivity contribution in [1.82, 2.24) is 5.32 Å². The molecule has 1 aromatic carbocycles. The van der Waals surface area contributed by atoms with E-state index in [-0.39, 0.29) is 0 Å². The molecule has 2 aromatic rings. The molecular formula is C14H13ClN2S. The van der Waals surface area contributed by atoms with Crippen LogP contribution in [0.25, 0.3) is 0 Å². The SMILES string of the molecule is N#Cc1csc(CNCCc2ccc(Cl)cc2)c1. The molecule has 18 heavy (non-hydrogen) atoms. The number of rotatable bonds is 5. The van der Waals surface area contributed by atoms with E-state index in [1.807, 2.05) is 35.7 Å². The molecule has 92 valence electrons. The van der Waals surface area contributed by atoms with Gasteiger partial charge in [0.1, 0.15) is 6.07 Å². The van der Waals surface area contributed by atoms with E-state index in [2.05, 4.69) is 11.4 Å². The van der Waals surface area contributed by atoms with E-state index in [9.17, 15) is 0 Å². The summed E-state index contributed by atoms with van der Waals surface area (Å²) in [4.78, 5) is 1.20. The number of nitriles is 1. The topological polar surface area (TPSA) is 35.8 Å². The molecule has 1 N–H and O–H groups in total. The van der Waals surface area contributed by atoms with E-state index in [0.29, 0.717) is 0 Å². The molecular weight excluding hydrogens is 264 g/mol. The van der Waals surface area contributed by atoms with Crippen LogP contribution in [0.1, 0.15) is 16.0 Å². The maximum atomic E-state index is 8.72. The molecule has 0 radical (unpaired) electrons. The average molecular weight is 277 g/mol. The molecule has 0 fully saturated rings. The molecule has 4 heteroatoms. The lowest BCUT2D eigenvalue weighted by atomic mass is 10.1. The van der Waals surface area contributed by atoms with Crippen molar-refractivity contribution >= 4 is 22.9 Å². The number of benzene rings is 1. The van der Waals surface area contributed by atoms with Gasteiger partial charge in [0.15, 0.2) is 0 Å². The Labute approximate surface area is 116 Å². The van der Waals surface area contributed by atoms with Crippen molar-refractivity contribution in [3.8, 4) is 6.07 Å². The molecule has 0 unspecified atom stereocenters. The van der Waals surface area contributed by atoms with Gasteiger partial charge in [0.2, 0.25) is 0 Å². The Bertz CT molecular complexity index is 540. The molecule has 0 aliphatic heterocycles. The molecule has 0 aliphatic carbocycles. The zero-order chi connectivity index (χ0) is 12.8. The molecule has 0 atom stereocenters. The van der Waals surface area contributed by atoms with Crippen molar-refractivity contribution in [1.29, 1.82) is 5.26 Å². The van der Waals surface area contributed by atoms with E-state index in [1.54, 1.807) is 11.3 Å². The van der Waals surface area contributed by atoms with Crippen molar-refractivity contribution in [3.63, 3.8) is 0 Å². The fourth-order valence-corrected chi connectivity index (χ4v) is 2.53. The molecule has 0 aliphatic rings. The summed E-state index contributed by atoms with van der Waals surface area (Å²) in [7, 11) is 0. The summed E-state index contributed by atoms with van der Waals surface area (Å²) >= 11 is 7.45. The molecule has 0 bridgehead atoms. The van der Waals surface area contributed by atoms with E-state index in [4.69, 9.17) is 16.9 Å². The van der Waals surface area contributed by atoms with Crippen LogP contribution in [-0.4, -0.2) is 6.54 Å². The third-order valence-electron chi connectivity index (χ3n) is 2.59. The van der Waals surface area contributed by atoms with Crippen LogP contribution >= 0.6 is 22.9 Å². The quantitative estimate of drug-likeness (QED) is 0.847. The summed E-state index contributed by atoms with van der Waals surface area (Å²) in [5, 5.41) is 14.7. The Kier molecular flexibility index (Phi) is 4.77. The van der Waals surface area contributed by atoms with E-state index in [1.165, 1.54) is 10.4 Å². The summed E-state index contributed by atoms with van der Waals surface area (Å²) in [5.41, 5.74) is 2.02. The molecule has 0 saturated heterocycles. The summed E-state index contributed by atoms with van der Waals surface area (Å²) in [6.45, 7) is 1.74. The number of nitrogens with one attached hydrogen (secondary N) is 1. The molecule has 1 aromatic heterocycles. The van der Waals surface area contributed by atoms with E-state index >= 15 is 0 Å². The zero-order valence-corrected chi connectivity index (χ0v) is 11.4. The van der Waals surface area contributed by atoms with Gasteiger partial charge in [-0.25, -0.2) is 0 Å². The van der Waals surface area contributed by atoms with Crippen LogP contribution in [0.15, 0.2) is 35.7 Å². The molecule has 2 nitrogen and oxygen atoms in total. The van der Waals surface area contributed by atoms with Crippen molar-refractivity contribution in [2.75, 3.05) is 6.54 Å². The highest BCUT2D eigenvalue weighted by molar-refractivity contribution is 7.10. The van der Waals surface area contributed by atoms with Gasteiger partial charge in [-0.1, -0.05) is 23.7 Å². The molecule has 1 heterocycles. The van der Waals surface area contributed by atoms with Gasteiger partial charge in [0.25, 0.3) is 0 Å². The van der Waals surface area contributed by atoms with E-state index < -0.39 is 0 Å². The van der Waals surface area contributed by atoms with Crippen LogP contribution in [0.5, 0.6) is 0 Å². The summed E-state index contributed by atoms with van der Waals surface area (Å²) in [6, 6.07) is 12.0. The average Bonchev–Trinajstić information content (AvgIpc) is 2.85. The second-order valence-electron chi connectivity index (χ2n) is 3.97. The first-order valence-corrected chi connectivity index (χ1v) is 6.96. The van der Waals surface area contributed by atoms with Gasteiger partial charge >= 0.3 is 0 Å². The van der Waals surface area contributed by atoms with Gasteiger partial charge in [0.05, 0.1) is 5.56 Å². The lowest BCUT2D eigenvalue weighted by Crippen LogP contribution is -2.15. The fourth-order valence-electron chi connectivity index (χ4n) is 1.63. The Morgan fingerprint density at radius 3 is 2.72 bits per heavy atom. The number of hydrogen-bond acceptors (Lipinski definition) is 3. The van der Waals surface area contributed by atoms with Crippen LogP contribution in [0.4, 0.5) is 0 Å². The second kappa shape index (κ2) is 6.55. The zero-order valence-electron chi connectivity index (χ0n) is 9.82. The van der Waals surface area contributed by atoms with Gasteiger partial charge in [0, 0.05) is 21.8 Å². The minimum Gasteiger partial charge on any atom is -0.312 e. The standard InChI is InChI=1S/C14H13ClN2S/c15-13-3-1-11(2-4-13)5-6-17-9-14-7-12(8-16)10-18-14/h1-4,7,10,17H,5-6,9H2. The summed E-state index contributed by atoms with van der Waals surface area (Å²) in [6.07, 6.45) is 0.980. The third kappa shape index (κ3) is 3.85. The van der Waals surface area contributed by atoms with Crippen molar-refractivity contribution in [2.45, 2.75) is 13.0 Å². The van der Waals surface area contributed by atoms with Gasteiger partial charge < -0.3 is 5.32 Å². The number of halogens is 1. The highest BCUT2D eigenvalue weighted by Crippen LogP contribution is 2.13. The van der Waals surface area contributed by atoms with Crippen LogP contribution in [-0.2, 0) is 13.0 Å². The normalized spacial score (nSPS) is 10.2. The minimum absolute atomic E-state index is 0.745. The molecule has 2 rings (SSSR count). The maximum absolute atomic E-state index is 8.72. The first-order valence-electron chi connectivity index (χ1n) is 5.70. The van der Waals surface area contributed by atoms with E-state index in [0.717, 1.165) is 30.1 Å². The van der Waals surface area contributed by atoms with Gasteiger partial charge in [-0.3, -0.25) is 0 Å². The van der Waals surface area contributed by atoms with Crippen molar-refractivity contribution in [3.05, 3.63) is 56.7 Å². The number of nitrogens with zero attached hydrogens (tertiary/aromatic N) is 1. The summed E-state index contributed by atoms with van der Waals surface area (Å²) in [5.74, 6) is 0.